The van der Waals surface area contributed by atoms with Gasteiger partial charge in [0.15, 0.2) is 11.6 Å². The van der Waals surface area contributed by atoms with Gasteiger partial charge in [-0.3, -0.25) is 4.90 Å². The van der Waals surface area contributed by atoms with E-state index in [-0.39, 0.29) is 11.9 Å². The van der Waals surface area contributed by atoms with E-state index in [1.807, 2.05) is 12.3 Å². The lowest BCUT2D eigenvalue weighted by atomic mass is 10.0. The molecule has 29 heavy (non-hydrogen) atoms. The summed E-state index contributed by atoms with van der Waals surface area (Å²) in [4.78, 5) is 2.27. The zero-order chi connectivity index (χ0) is 21.0. The highest BCUT2D eigenvalue weighted by Crippen LogP contribution is 2.20. The molecule has 0 aliphatic heterocycles. The van der Waals surface area contributed by atoms with Crippen LogP contribution in [0.4, 0.5) is 13.2 Å². The van der Waals surface area contributed by atoms with Gasteiger partial charge < -0.3 is 4.57 Å². The summed E-state index contributed by atoms with van der Waals surface area (Å²) in [6, 6.07) is 14.9. The van der Waals surface area contributed by atoms with Crippen molar-refractivity contribution in [1.29, 1.82) is 0 Å². The second kappa shape index (κ2) is 9.31. The molecule has 1 unspecified atom stereocenters. The first-order chi connectivity index (χ1) is 13.8. The average Bonchev–Trinajstić information content (AvgIpc) is 3.12. The molecule has 0 aliphatic rings. The van der Waals surface area contributed by atoms with Crippen LogP contribution in [0.25, 0.3) is 0 Å². The molecular formula is C24H27F3N2. The maximum absolute atomic E-state index is 13.7. The maximum atomic E-state index is 13.7. The van der Waals surface area contributed by atoms with E-state index in [9.17, 15) is 13.2 Å². The lowest BCUT2D eigenvalue weighted by Gasteiger charge is -2.32. The van der Waals surface area contributed by atoms with Crippen LogP contribution in [-0.4, -0.2) is 15.5 Å². The summed E-state index contributed by atoms with van der Waals surface area (Å²) in [7, 11) is 0. The van der Waals surface area contributed by atoms with Crippen LogP contribution in [0.3, 0.4) is 0 Å². The smallest absolute Gasteiger partial charge is 0.159 e. The molecule has 3 rings (SSSR count). The molecule has 0 bridgehead atoms. The number of aromatic nitrogens is 1. The van der Waals surface area contributed by atoms with Gasteiger partial charge >= 0.3 is 0 Å². The Kier molecular flexibility index (Phi) is 6.80. The third kappa shape index (κ3) is 5.51. The standard InChI is InChI=1S/C24H27F3N2/c1-17(2)18(3)29(15-20-8-11-23(26)24(27)13-20)16-22-5-4-12-28(22)14-19-6-9-21(25)10-7-19/h4-13,17-18H,14-16H2,1-3H3. The highest BCUT2D eigenvalue weighted by atomic mass is 19.2. The minimum atomic E-state index is -0.828. The molecule has 5 heteroatoms. The predicted octanol–water partition coefficient (Wildman–Crippen LogP) is 6.00. The first-order valence-electron chi connectivity index (χ1n) is 9.90. The van der Waals surface area contributed by atoms with Crippen molar-refractivity contribution in [1.82, 2.24) is 9.47 Å². The second-order valence-corrected chi connectivity index (χ2v) is 7.89. The first-order valence-corrected chi connectivity index (χ1v) is 9.90. The number of nitrogens with zero attached hydrogens (tertiary/aromatic N) is 2. The molecule has 0 aliphatic carbocycles. The Morgan fingerprint density at radius 1 is 0.828 bits per heavy atom. The Balaban J connectivity index is 1.80. The molecular weight excluding hydrogens is 373 g/mol. The summed E-state index contributed by atoms with van der Waals surface area (Å²) in [5.41, 5.74) is 2.88. The van der Waals surface area contributed by atoms with E-state index in [1.165, 1.54) is 24.3 Å². The molecule has 0 fully saturated rings. The average molecular weight is 400 g/mol. The van der Waals surface area contributed by atoms with Crippen LogP contribution in [0.15, 0.2) is 60.8 Å². The maximum Gasteiger partial charge on any atom is 0.159 e. The first kappa shape index (κ1) is 21.2. The third-order valence-corrected chi connectivity index (χ3v) is 5.47. The van der Waals surface area contributed by atoms with Crippen molar-refractivity contribution in [2.24, 2.45) is 5.92 Å². The molecule has 0 N–H and O–H groups in total. The topological polar surface area (TPSA) is 8.17 Å². The van der Waals surface area contributed by atoms with Gasteiger partial charge in [-0.25, -0.2) is 13.2 Å². The van der Waals surface area contributed by atoms with E-state index in [0.717, 1.165) is 16.8 Å². The van der Waals surface area contributed by atoms with Crippen molar-refractivity contribution in [3.05, 3.63) is 95.1 Å². The van der Waals surface area contributed by atoms with E-state index >= 15 is 0 Å². The van der Waals surface area contributed by atoms with Crippen LogP contribution in [0, 0.1) is 23.4 Å². The summed E-state index contributed by atoms with van der Waals surface area (Å²) in [6.45, 7) is 8.31. The summed E-state index contributed by atoms with van der Waals surface area (Å²) < 4.78 is 42.3. The quantitative estimate of drug-likeness (QED) is 0.450. The Bertz CT molecular complexity index is 932. The Hall–Kier alpha value is -2.53. The highest BCUT2D eigenvalue weighted by Gasteiger charge is 2.20. The third-order valence-electron chi connectivity index (χ3n) is 5.47. The van der Waals surface area contributed by atoms with Crippen molar-refractivity contribution in [2.75, 3.05) is 0 Å². The minimum Gasteiger partial charge on any atom is -0.346 e. The van der Waals surface area contributed by atoms with E-state index in [1.54, 1.807) is 18.2 Å². The molecule has 2 nitrogen and oxygen atoms in total. The molecule has 0 saturated heterocycles. The molecule has 0 saturated carbocycles. The van der Waals surface area contributed by atoms with Crippen LogP contribution in [0.5, 0.6) is 0 Å². The van der Waals surface area contributed by atoms with Crippen LogP contribution < -0.4 is 0 Å². The van der Waals surface area contributed by atoms with E-state index in [0.29, 0.717) is 25.6 Å². The van der Waals surface area contributed by atoms with E-state index in [4.69, 9.17) is 0 Å². The lowest BCUT2D eigenvalue weighted by Crippen LogP contribution is -2.36. The molecule has 0 amide bonds. The monoisotopic (exact) mass is 400 g/mol. The fourth-order valence-corrected chi connectivity index (χ4v) is 3.38. The largest absolute Gasteiger partial charge is 0.346 e. The molecule has 1 aromatic heterocycles. The van der Waals surface area contributed by atoms with Gasteiger partial charge in [0.25, 0.3) is 0 Å². The number of hydrogen-bond acceptors (Lipinski definition) is 1. The van der Waals surface area contributed by atoms with Gasteiger partial charge in [0.2, 0.25) is 0 Å². The fourth-order valence-electron chi connectivity index (χ4n) is 3.38. The fraction of sp³-hybridized carbons (Fsp3) is 0.333. The molecule has 2 aromatic carbocycles. The van der Waals surface area contributed by atoms with Gasteiger partial charge in [-0.1, -0.05) is 32.0 Å². The van der Waals surface area contributed by atoms with Crippen molar-refractivity contribution >= 4 is 0 Å². The molecule has 3 aromatic rings. The van der Waals surface area contributed by atoms with Crippen LogP contribution >= 0.6 is 0 Å². The summed E-state index contributed by atoms with van der Waals surface area (Å²) in [6.07, 6.45) is 2.01. The van der Waals surface area contributed by atoms with Gasteiger partial charge in [0.1, 0.15) is 5.82 Å². The second-order valence-electron chi connectivity index (χ2n) is 7.89. The van der Waals surface area contributed by atoms with E-state index < -0.39 is 11.6 Å². The summed E-state index contributed by atoms with van der Waals surface area (Å²) in [5, 5.41) is 0. The van der Waals surface area contributed by atoms with Crippen molar-refractivity contribution in [3.8, 4) is 0 Å². The Morgan fingerprint density at radius 3 is 2.17 bits per heavy atom. The van der Waals surface area contributed by atoms with Gasteiger partial charge in [0, 0.05) is 37.6 Å². The molecule has 0 spiro atoms. The van der Waals surface area contributed by atoms with Gasteiger partial charge in [0.05, 0.1) is 0 Å². The zero-order valence-electron chi connectivity index (χ0n) is 17.1. The zero-order valence-corrected chi connectivity index (χ0v) is 17.1. The number of halogens is 3. The minimum absolute atomic E-state index is 0.245. The lowest BCUT2D eigenvalue weighted by molar-refractivity contribution is 0.148. The molecule has 0 radical (unpaired) electrons. The van der Waals surface area contributed by atoms with Gasteiger partial charge in [-0.05, 0) is 60.4 Å². The number of rotatable bonds is 8. The van der Waals surface area contributed by atoms with Crippen LogP contribution in [0.2, 0.25) is 0 Å². The molecule has 1 atom stereocenters. The van der Waals surface area contributed by atoms with E-state index in [2.05, 4.69) is 36.3 Å². The van der Waals surface area contributed by atoms with Crippen molar-refractivity contribution < 1.29 is 13.2 Å². The Labute approximate surface area is 170 Å². The normalized spacial score (nSPS) is 12.7. The Morgan fingerprint density at radius 2 is 1.52 bits per heavy atom. The predicted molar refractivity (Wildman–Crippen MR) is 110 cm³/mol. The highest BCUT2D eigenvalue weighted by molar-refractivity contribution is 5.20. The van der Waals surface area contributed by atoms with Gasteiger partial charge in [-0.2, -0.15) is 0 Å². The number of benzene rings is 2. The number of hydrogen-bond donors (Lipinski definition) is 0. The summed E-state index contributed by atoms with van der Waals surface area (Å²) in [5.74, 6) is -1.49. The van der Waals surface area contributed by atoms with Gasteiger partial charge in [-0.15, -0.1) is 0 Å². The summed E-state index contributed by atoms with van der Waals surface area (Å²) >= 11 is 0. The molecule has 154 valence electrons. The van der Waals surface area contributed by atoms with Crippen molar-refractivity contribution in [2.45, 2.75) is 46.4 Å². The van der Waals surface area contributed by atoms with Crippen molar-refractivity contribution in [3.63, 3.8) is 0 Å². The SMILES string of the molecule is CC(C)C(C)N(Cc1ccc(F)c(F)c1)Cc1cccn1Cc1ccc(F)cc1. The van der Waals surface area contributed by atoms with Crippen LogP contribution in [-0.2, 0) is 19.6 Å². The van der Waals surface area contributed by atoms with Crippen LogP contribution in [0.1, 0.15) is 37.6 Å². The molecule has 1 heterocycles.